The van der Waals surface area contributed by atoms with Crippen LogP contribution >= 0.6 is 0 Å². The number of hydrogen-bond donors (Lipinski definition) is 0. The summed E-state index contributed by atoms with van der Waals surface area (Å²) in [6.45, 7) is 3.12. The van der Waals surface area contributed by atoms with E-state index in [-0.39, 0.29) is 18.2 Å². The Morgan fingerprint density at radius 3 is 2.24 bits per heavy atom. The SMILES string of the molecule is CCc1ccc(N2CC(C(=O)Oc3ccc(N4CCCC4=O)cc3)CC2=O)cc1. The highest BCUT2D eigenvalue weighted by atomic mass is 16.5. The Bertz CT molecular complexity index is 921. The first kappa shape index (κ1) is 19.2. The fraction of sp³-hybridized carbons (Fsp3) is 0.348. The van der Waals surface area contributed by atoms with E-state index in [1.54, 1.807) is 34.1 Å². The number of hydrogen-bond acceptors (Lipinski definition) is 4. The molecule has 2 aliphatic heterocycles. The molecular weight excluding hydrogens is 368 g/mol. The molecule has 1 unspecified atom stereocenters. The number of benzene rings is 2. The van der Waals surface area contributed by atoms with Crippen LogP contribution in [0.3, 0.4) is 0 Å². The van der Waals surface area contributed by atoms with Crippen molar-refractivity contribution in [1.29, 1.82) is 0 Å². The van der Waals surface area contributed by atoms with Crippen molar-refractivity contribution in [3.63, 3.8) is 0 Å². The maximum atomic E-state index is 12.6. The minimum absolute atomic E-state index is 0.0703. The second-order valence-electron chi connectivity index (χ2n) is 7.49. The Morgan fingerprint density at radius 1 is 0.966 bits per heavy atom. The summed E-state index contributed by atoms with van der Waals surface area (Å²) in [5, 5.41) is 0. The van der Waals surface area contributed by atoms with Gasteiger partial charge in [0.25, 0.3) is 0 Å². The molecule has 0 aromatic heterocycles. The van der Waals surface area contributed by atoms with E-state index in [2.05, 4.69) is 6.92 Å². The first-order chi connectivity index (χ1) is 14.0. The fourth-order valence-corrected chi connectivity index (χ4v) is 3.84. The normalized spacial score (nSPS) is 19.1. The Morgan fingerprint density at radius 2 is 1.62 bits per heavy atom. The Hall–Kier alpha value is -3.15. The van der Waals surface area contributed by atoms with Gasteiger partial charge in [-0.3, -0.25) is 14.4 Å². The third-order valence-electron chi connectivity index (χ3n) is 5.55. The fourth-order valence-electron chi connectivity index (χ4n) is 3.84. The van der Waals surface area contributed by atoms with Crippen molar-refractivity contribution in [1.82, 2.24) is 0 Å². The lowest BCUT2D eigenvalue weighted by atomic mass is 10.1. The topological polar surface area (TPSA) is 66.9 Å². The van der Waals surface area contributed by atoms with Crippen molar-refractivity contribution in [3.8, 4) is 5.75 Å². The molecule has 2 aliphatic rings. The molecule has 4 rings (SSSR count). The van der Waals surface area contributed by atoms with Crippen molar-refractivity contribution in [2.75, 3.05) is 22.9 Å². The van der Waals surface area contributed by atoms with Crippen molar-refractivity contribution < 1.29 is 19.1 Å². The van der Waals surface area contributed by atoms with Gasteiger partial charge in [-0.2, -0.15) is 0 Å². The van der Waals surface area contributed by atoms with E-state index in [1.807, 2.05) is 24.3 Å². The number of carbonyl (C=O) groups is 3. The van der Waals surface area contributed by atoms with Gasteiger partial charge in [-0.15, -0.1) is 0 Å². The van der Waals surface area contributed by atoms with E-state index in [1.165, 1.54) is 5.56 Å². The lowest BCUT2D eigenvalue weighted by Gasteiger charge is -2.17. The number of rotatable bonds is 5. The highest BCUT2D eigenvalue weighted by molar-refractivity contribution is 5.99. The predicted molar refractivity (Wildman–Crippen MR) is 110 cm³/mol. The van der Waals surface area contributed by atoms with Gasteiger partial charge < -0.3 is 14.5 Å². The summed E-state index contributed by atoms with van der Waals surface area (Å²) in [4.78, 5) is 40.2. The summed E-state index contributed by atoms with van der Waals surface area (Å²) in [7, 11) is 0. The average Bonchev–Trinajstić information content (AvgIpc) is 3.34. The number of nitrogens with zero attached hydrogens (tertiary/aromatic N) is 2. The van der Waals surface area contributed by atoms with E-state index < -0.39 is 11.9 Å². The highest BCUT2D eigenvalue weighted by Gasteiger charge is 2.36. The molecule has 2 fully saturated rings. The van der Waals surface area contributed by atoms with Crippen LogP contribution in [0.4, 0.5) is 11.4 Å². The molecule has 2 saturated heterocycles. The number of anilines is 2. The monoisotopic (exact) mass is 392 g/mol. The van der Waals surface area contributed by atoms with Gasteiger partial charge in [-0.25, -0.2) is 0 Å². The molecule has 2 amide bonds. The molecule has 2 aromatic rings. The van der Waals surface area contributed by atoms with Crippen LogP contribution in [0.2, 0.25) is 0 Å². The van der Waals surface area contributed by atoms with Crippen LogP contribution in [0.15, 0.2) is 48.5 Å². The predicted octanol–water partition coefficient (Wildman–Crippen LogP) is 3.33. The van der Waals surface area contributed by atoms with Crippen LogP contribution in [-0.4, -0.2) is 30.9 Å². The van der Waals surface area contributed by atoms with Gasteiger partial charge in [-0.1, -0.05) is 19.1 Å². The molecule has 6 heteroatoms. The molecule has 0 radical (unpaired) electrons. The number of ether oxygens (including phenoxy) is 1. The van der Waals surface area contributed by atoms with Gasteiger partial charge in [0, 0.05) is 37.3 Å². The van der Waals surface area contributed by atoms with E-state index in [9.17, 15) is 14.4 Å². The summed E-state index contributed by atoms with van der Waals surface area (Å²) in [6.07, 6.45) is 2.52. The van der Waals surface area contributed by atoms with Crippen LogP contribution in [0.1, 0.15) is 31.7 Å². The van der Waals surface area contributed by atoms with E-state index >= 15 is 0 Å². The number of amides is 2. The van der Waals surface area contributed by atoms with Crippen molar-refractivity contribution >= 4 is 29.2 Å². The van der Waals surface area contributed by atoms with Gasteiger partial charge in [-0.05, 0) is 54.8 Å². The maximum Gasteiger partial charge on any atom is 0.316 e. The lowest BCUT2D eigenvalue weighted by Crippen LogP contribution is -2.27. The van der Waals surface area contributed by atoms with Crippen molar-refractivity contribution in [2.24, 2.45) is 5.92 Å². The van der Waals surface area contributed by atoms with Crippen molar-refractivity contribution in [2.45, 2.75) is 32.6 Å². The largest absolute Gasteiger partial charge is 0.426 e. The first-order valence-corrected chi connectivity index (χ1v) is 10.1. The molecule has 0 spiro atoms. The molecule has 0 aliphatic carbocycles. The number of carbonyl (C=O) groups excluding carboxylic acids is 3. The molecule has 0 N–H and O–H groups in total. The number of esters is 1. The van der Waals surface area contributed by atoms with Crippen LogP contribution < -0.4 is 14.5 Å². The summed E-state index contributed by atoms with van der Waals surface area (Å²) in [5.74, 6) is -0.432. The van der Waals surface area contributed by atoms with Crippen LogP contribution in [0, 0.1) is 5.92 Å². The summed E-state index contributed by atoms with van der Waals surface area (Å²) in [5.41, 5.74) is 2.82. The van der Waals surface area contributed by atoms with E-state index in [0.29, 0.717) is 18.7 Å². The van der Waals surface area contributed by atoms with Gasteiger partial charge in [0.15, 0.2) is 0 Å². The molecular formula is C23H24N2O4. The smallest absolute Gasteiger partial charge is 0.316 e. The molecule has 1 atom stereocenters. The molecule has 2 heterocycles. The van der Waals surface area contributed by atoms with Gasteiger partial charge in [0.1, 0.15) is 5.75 Å². The molecule has 29 heavy (non-hydrogen) atoms. The molecule has 2 aromatic carbocycles. The van der Waals surface area contributed by atoms with Gasteiger partial charge >= 0.3 is 5.97 Å². The molecule has 6 nitrogen and oxygen atoms in total. The Kier molecular flexibility index (Phi) is 5.34. The van der Waals surface area contributed by atoms with E-state index in [0.717, 1.165) is 30.8 Å². The summed E-state index contributed by atoms with van der Waals surface area (Å²) in [6, 6.07) is 14.8. The third-order valence-corrected chi connectivity index (χ3v) is 5.55. The number of aryl methyl sites for hydroxylation is 1. The van der Waals surface area contributed by atoms with Crippen LogP contribution in [0.25, 0.3) is 0 Å². The molecule has 0 bridgehead atoms. The second kappa shape index (κ2) is 8.07. The zero-order valence-electron chi connectivity index (χ0n) is 16.5. The third kappa shape index (κ3) is 4.01. The first-order valence-electron chi connectivity index (χ1n) is 10.1. The second-order valence-corrected chi connectivity index (χ2v) is 7.49. The van der Waals surface area contributed by atoms with Crippen molar-refractivity contribution in [3.05, 3.63) is 54.1 Å². The minimum atomic E-state index is -0.492. The van der Waals surface area contributed by atoms with E-state index in [4.69, 9.17) is 4.74 Å². The lowest BCUT2D eigenvalue weighted by molar-refractivity contribution is -0.139. The minimum Gasteiger partial charge on any atom is -0.426 e. The Labute approximate surface area is 170 Å². The average molecular weight is 392 g/mol. The standard InChI is InChI=1S/C23H24N2O4/c1-2-16-5-7-19(8-6-16)25-15-17(14-22(25)27)23(28)29-20-11-9-18(10-12-20)24-13-3-4-21(24)26/h5-12,17H,2-4,13-15H2,1H3. The molecule has 0 saturated carbocycles. The quantitative estimate of drug-likeness (QED) is 0.578. The Balaban J connectivity index is 1.38. The highest BCUT2D eigenvalue weighted by Crippen LogP contribution is 2.28. The van der Waals surface area contributed by atoms with Crippen LogP contribution in [0.5, 0.6) is 5.75 Å². The zero-order chi connectivity index (χ0) is 20.4. The summed E-state index contributed by atoms with van der Waals surface area (Å²) >= 11 is 0. The van der Waals surface area contributed by atoms with Gasteiger partial charge in [0.2, 0.25) is 11.8 Å². The zero-order valence-corrected chi connectivity index (χ0v) is 16.5. The van der Waals surface area contributed by atoms with Gasteiger partial charge in [0.05, 0.1) is 5.92 Å². The maximum absolute atomic E-state index is 12.6. The summed E-state index contributed by atoms with van der Waals surface area (Å²) < 4.78 is 5.49. The van der Waals surface area contributed by atoms with Crippen LogP contribution in [-0.2, 0) is 20.8 Å². The molecule has 150 valence electrons.